The van der Waals surface area contributed by atoms with Gasteiger partial charge in [-0.25, -0.2) is 0 Å². The van der Waals surface area contributed by atoms with Gasteiger partial charge in [0.2, 0.25) is 5.78 Å². The van der Waals surface area contributed by atoms with E-state index in [1.165, 1.54) is 6.92 Å². The van der Waals surface area contributed by atoms with Crippen molar-refractivity contribution >= 4 is 17.5 Å². The lowest BCUT2D eigenvalue weighted by Crippen LogP contribution is -2.62. The zero-order chi connectivity index (χ0) is 21.2. The molecular weight excluding hydrogens is 372 g/mol. The summed E-state index contributed by atoms with van der Waals surface area (Å²) < 4.78 is 4.89. The van der Waals surface area contributed by atoms with Crippen molar-refractivity contribution < 1.29 is 29.3 Å². The Hall–Kier alpha value is -1.53. The van der Waals surface area contributed by atoms with E-state index in [1.807, 2.05) is 6.92 Å². The Morgan fingerprint density at radius 1 is 1.21 bits per heavy atom. The molecule has 4 rings (SSSR count). The van der Waals surface area contributed by atoms with Gasteiger partial charge in [-0.15, -0.1) is 0 Å². The number of ketones is 2. The number of allylic oxidation sites excluding steroid dienone is 1. The van der Waals surface area contributed by atoms with Gasteiger partial charge in [0.25, 0.3) is 0 Å². The number of hydrogen-bond acceptors (Lipinski definition) is 6. The topological polar surface area (TPSA) is 101 Å². The summed E-state index contributed by atoms with van der Waals surface area (Å²) >= 11 is 0. The number of carbonyl (C=O) groups is 3. The van der Waals surface area contributed by atoms with Gasteiger partial charge in [-0.1, -0.05) is 19.4 Å². The largest absolute Gasteiger partial charge is 0.458 e. The van der Waals surface area contributed by atoms with Crippen molar-refractivity contribution in [2.45, 2.75) is 77.4 Å². The van der Waals surface area contributed by atoms with Crippen LogP contribution in [0.5, 0.6) is 0 Å². The Morgan fingerprint density at radius 2 is 1.93 bits per heavy atom. The van der Waals surface area contributed by atoms with Crippen LogP contribution in [0.15, 0.2) is 11.6 Å². The van der Waals surface area contributed by atoms with E-state index in [2.05, 4.69) is 6.92 Å². The first-order chi connectivity index (χ1) is 13.5. The second-order valence-corrected chi connectivity index (χ2v) is 10.2. The van der Waals surface area contributed by atoms with Crippen LogP contribution in [0.1, 0.15) is 65.7 Å². The molecule has 0 aromatic rings. The number of ether oxygens (including phenoxy) is 1. The fourth-order valence-corrected chi connectivity index (χ4v) is 7.44. The predicted molar refractivity (Wildman–Crippen MR) is 105 cm³/mol. The van der Waals surface area contributed by atoms with Gasteiger partial charge in [-0.3, -0.25) is 14.4 Å². The standard InChI is InChI=1S/C23H32O6/c1-13(24)29-12-19(27)23(28)9-7-17-16-5-4-14-10-15(25)6-8-21(14,2)20(16)18(26)11-22(17,23)3/h10,16-18,20,26,28H,4-9,11-12H2,1-3H3/t16-,17-,18-,20+,21+,22-,23-/m1/s1. The van der Waals surface area contributed by atoms with Crippen LogP contribution in [0.2, 0.25) is 0 Å². The molecule has 0 bridgehead atoms. The van der Waals surface area contributed by atoms with Crippen molar-refractivity contribution in [3.63, 3.8) is 0 Å². The second-order valence-electron chi connectivity index (χ2n) is 10.2. The Kier molecular flexibility index (Phi) is 4.82. The highest BCUT2D eigenvalue weighted by molar-refractivity contribution is 5.92. The lowest BCUT2D eigenvalue weighted by Gasteiger charge is -2.60. The number of fused-ring (bicyclic) bond motifs is 5. The highest BCUT2D eigenvalue weighted by Crippen LogP contribution is 2.67. The van der Waals surface area contributed by atoms with Crippen LogP contribution in [0, 0.1) is 28.6 Å². The van der Waals surface area contributed by atoms with E-state index in [4.69, 9.17) is 4.74 Å². The summed E-state index contributed by atoms with van der Waals surface area (Å²) in [6, 6.07) is 0. The second kappa shape index (κ2) is 6.74. The number of aliphatic hydroxyl groups is 2. The van der Waals surface area contributed by atoms with Crippen molar-refractivity contribution in [3.05, 3.63) is 11.6 Å². The summed E-state index contributed by atoms with van der Waals surface area (Å²) in [6.45, 7) is 4.92. The molecule has 160 valence electrons. The summed E-state index contributed by atoms with van der Waals surface area (Å²) in [7, 11) is 0. The number of Topliss-reactive ketones (excluding diaryl/α,β-unsaturated/α-hetero) is 1. The first kappa shape index (κ1) is 20.7. The number of carbonyl (C=O) groups excluding carboxylic acids is 3. The van der Waals surface area contributed by atoms with Gasteiger partial charge >= 0.3 is 5.97 Å². The average Bonchev–Trinajstić information content (AvgIpc) is 2.91. The number of esters is 1. The van der Waals surface area contributed by atoms with Crippen LogP contribution in [0.25, 0.3) is 0 Å². The predicted octanol–water partition coefficient (Wildman–Crippen LogP) is 2.35. The number of aliphatic hydroxyl groups excluding tert-OH is 1. The third-order valence-electron chi connectivity index (χ3n) is 8.92. The fraction of sp³-hybridized carbons (Fsp3) is 0.783. The first-order valence-electron chi connectivity index (χ1n) is 10.8. The van der Waals surface area contributed by atoms with E-state index in [0.717, 1.165) is 31.3 Å². The van der Waals surface area contributed by atoms with Crippen molar-refractivity contribution in [2.75, 3.05) is 6.61 Å². The summed E-state index contributed by atoms with van der Waals surface area (Å²) in [4.78, 5) is 36.0. The molecule has 0 saturated heterocycles. The Balaban J connectivity index is 1.65. The first-order valence-corrected chi connectivity index (χ1v) is 10.8. The molecule has 4 aliphatic rings. The summed E-state index contributed by atoms with van der Waals surface area (Å²) in [5.74, 6) is -0.462. The molecule has 0 heterocycles. The molecule has 0 amide bonds. The summed E-state index contributed by atoms with van der Waals surface area (Å²) in [5, 5.41) is 22.8. The van der Waals surface area contributed by atoms with Crippen LogP contribution in [0.4, 0.5) is 0 Å². The minimum absolute atomic E-state index is 0.0413. The van der Waals surface area contributed by atoms with Gasteiger partial charge in [0.05, 0.1) is 6.10 Å². The average molecular weight is 405 g/mol. The highest BCUT2D eigenvalue weighted by Gasteiger charge is 2.68. The molecule has 4 aliphatic carbocycles. The number of hydrogen-bond donors (Lipinski definition) is 2. The minimum atomic E-state index is -1.58. The lowest BCUT2D eigenvalue weighted by atomic mass is 9.45. The lowest BCUT2D eigenvalue weighted by molar-refractivity contribution is -0.184. The van der Waals surface area contributed by atoms with Crippen LogP contribution in [-0.4, -0.2) is 46.1 Å². The van der Waals surface area contributed by atoms with Crippen molar-refractivity contribution in [1.82, 2.24) is 0 Å². The van der Waals surface area contributed by atoms with Gasteiger partial charge in [0.1, 0.15) is 5.60 Å². The molecule has 6 nitrogen and oxygen atoms in total. The maximum atomic E-state index is 12.9. The molecule has 6 heteroatoms. The zero-order valence-electron chi connectivity index (χ0n) is 17.6. The zero-order valence-corrected chi connectivity index (χ0v) is 17.6. The van der Waals surface area contributed by atoms with E-state index in [9.17, 15) is 24.6 Å². The molecule has 0 aromatic heterocycles. The smallest absolute Gasteiger partial charge is 0.303 e. The van der Waals surface area contributed by atoms with Crippen molar-refractivity contribution in [3.8, 4) is 0 Å². The van der Waals surface area contributed by atoms with Crippen molar-refractivity contribution in [2.24, 2.45) is 28.6 Å². The van der Waals surface area contributed by atoms with Gasteiger partial charge in [0, 0.05) is 18.8 Å². The van der Waals surface area contributed by atoms with Crippen LogP contribution in [0.3, 0.4) is 0 Å². The van der Waals surface area contributed by atoms with Gasteiger partial charge in [-0.2, -0.15) is 0 Å². The molecule has 0 spiro atoms. The number of rotatable bonds is 3. The SMILES string of the molecule is CC(=O)OCC(=O)[C@]1(O)CC[C@@H]2[C@H]3CCC4=CC(=O)CC[C@]4(C)[C@@H]3[C@H](O)C[C@]21C. The van der Waals surface area contributed by atoms with Gasteiger partial charge in [-0.05, 0) is 67.8 Å². The third kappa shape index (κ3) is 2.86. The van der Waals surface area contributed by atoms with Crippen LogP contribution in [-0.2, 0) is 19.1 Å². The fourth-order valence-electron chi connectivity index (χ4n) is 7.44. The van der Waals surface area contributed by atoms with Crippen LogP contribution < -0.4 is 0 Å². The molecule has 0 aliphatic heterocycles. The maximum Gasteiger partial charge on any atom is 0.303 e. The van der Waals surface area contributed by atoms with E-state index in [-0.39, 0.29) is 29.0 Å². The third-order valence-corrected chi connectivity index (χ3v) is 8.92. The minimum Gasteiger partial charge on any atom is -0.458 e. The van der Waals surface area contributed by atoms with E-state index in [1.54, 1.807) is 6.08 Å². The molecule has 3 saturated carbocycles. The molecule has 0 aromatic carbocycles. The molecule has 0 unspecified atom stereocenters. The summed E-state index contributed by atoms with van der Waals surface area (Å²) in [6.07, 6.45) is 5.54. The maximum absolute atomic E-state index is 12.9. The van der Waals surface area contributed by atoms with Crippen LogP contribution >= 0.6 is 0 Å². The Labute approximate surface area is 171 Å². The van der Waals surface area contributed by atoms with E-state index < -0.39 is 35.5 Å². The normalized spacial score (nSPS) is 46.2. The monoisotopic (exact) mass is 404 g/mol. The van der Waals surface area contributed by atoms with Gasteiger partial charge in [0.15, 0.2) is 12.4 Å². The highest BCUT2D eigenvalue weighted by atomic mass is 16.5. The Bertz CT molecular complexity index is 786. The van der Waals surface area contributed by atoms with Crippen molar-refractivity contribution in [1.29, 1.82) is 0 Å². The molecule has 2 N–H and O–H groups in total. The van der Waals surface area contributed by atoms with E-state index in [0.29, 0.717) is 19.3 Å². The molecule has 3 fully saturated rings. The molecule has 0 radical (unpaired) electrons. The molecule has 29 heavy (non-hydrogen) atoms. The van der Waals surface area contributed by atoms with E-state index >= 15 is 0 Å². The molecule has 7 atom stereocenters. The molecular formula is C23H32O6. The Morgan fingerprint density at radius 3 is 2.62 bits per heavy atom. The summed E-state index contributed by atoms with van der Waals surface area (Å²) in [5.41, 5.74) is -1.36. The van der Waals surface area contributed by atoms with Gasteiger partial charge < -0.3 is 14.9 Å². The quantitative estimate of drug-likeness (QED) is 0.701.